The van der Waals surface area contributed by atoms with E-state index in [9.17, 15) is 13.6 Å². The van der Waals surface area contributed by atoms with Crippen molar-refractivity contribution < 1.29 is 18.7 Å². The molecule has 0 saturated carbocycles. The number of hydrogen-bond donors (Lipinski definition) is 2. The Morgan fingerprint density at radius 1 is 1.17 bits per heavy atom. The molecule has 1 aromatic heterocycles. The molecule has 0 unspecified atom stereocenters. The third-order valence-corrected chi connectivity index (χ3v) is 3.39. The fourth-order valence-corrected chi connectivity index (χ4v) is 2.12. The molecule has 122 valence electrons. The predicted octanol–water partition coefficient (Wildman–Crippen LogP) is 3.66. The van der Waals surface area contributed by atoms with Gasteiger partial charge in [0.25, 0.3) is 6.43 Å². The van der Waals surface area contributed by atoms with E-state index in [-0.39, 0.29) is 11.2 Å². The molecule has 7 heteroatoms. The number of halogens is 2. The quantitative estimate of drug-likeness (QED) is 0.900. The number of carboxylic acids is 1. The van der Waals surface area contributed by atoms with Crippen LogP contribution >= 0.6 is 0 Å². The highest BCUT2D eigenvalue weighted by Gasteiger charge is 2.25. The van der Waals surface area contributed by atoms with Crippen LogP contribution in [0.4, 0.5) is 14.6 Å². The second kappa shape index (κ2) is 5.91. The summed E-state index contributed by atoms with van der Waals surface area (Å²) in [6.45, 7) is 6.15. The van der Waals surface area contributed by atoms with Crippen molar-refractivity contribution in [3.8, 4) is 11.4 Å². The molecule has 0 amide bonds. The normalized spacial score (nSPS) is 11.7. The number of nitrogens with two attached hydrogens (primary N) is 1. The van der Waals surface area contributed by atoms with Crippen LogP contribution in [0, 0.1) is 0 Å². The molecule has 5 nitrogen and oxygen atoms in total. The van der Waals surface area contributed by atoms with Crippen molar-refractivity contribution in [3.05, 3.63) is 41.1 Å². The maximum Gasteiger partial charge on any atom is 0.341 e. The van der Waals surface area contributed by atoms with E-state index in [4.69, 9.17) is 10.8 Å². The first kappa shape index (κ1) is 16.8. The molecule has 1 aromatic carbocycles. The molecule has 23 heavy (non-hydrogen) atoms. The van der Waals surface area contributed by atoms with E-state index in [0.717, 1.165) is 5.56 Å². The highest BCUT2D eigenvalue weighted by molar-refractivity contribution is 5.94. The molecular weight excluding hydrogens is 304 g/mol. The molecule has 0 aliphatic rings. The SMILES string of the molecule is CC(C)(C)c1ccc(-c2nc(N)c(C(=O)O)c(C(F)F)n2)cc1. The molecule has 3 N–H and O–H groups in total. The third kappa shape index (κ3) is 3.44. The predicted molar refractivity (Wildman–Crippen MR) is 82.5 cm³/mol. The van der Waals surface area contributed by atoms with Gasteiger partial charge in [0.15, 0.2) is 5.82 Å². The first-order valence-electron chi connectivity index (χ1n) is 6.91. The molecule has 0 spiro atoms. The van der Waals surface area contributed by atoms with Gasteiger partial charge >= 0.3 is 5.97 Å². The summed E-state index contributed by atoms with van der Waals surface area (Å²) in [5.41, 5.74) is 5.40. The van der Waals surface area contributed by atoms with Gasteiger partial charge < -0.3 is 10.8 Å². The average molecular weight is 321 g/mol. The first-order valence-corrected chi connectivity index (χ1v) is 6.91. The standard InChI is InChI=1S/C16H17F2N3O2/c1-16(2,3)9-6-4-8(5-7-9)14-20-11(12(17)18)10(15(22)23)13(19)21-14/h4-7,12H,1-3H3,(H,22,23)(H2,19,20,21). The van der Waals surface area contributed by atoms with Crippen molar-refractivity contribution in [2.75, 3.05) is 5.73 Å². The van der Waals surface area contributed by atoms with Gasteiger partial charge in [0.2, 0.25) is 0 Å². The van der Waals surface area contributed by atoms with Gasteiger partial charge in [-0.3, -0.25) is 0 Å². The molecule has 0 saturated heterocycles. The zero-order valence-electron chi connectivity index (χ0n) is 13.0. The smallest absolute Gasteiger partial charge is 0.341 e. The average Bonchev–Trinajstić information content (AvgIpc) is 2.45. The molecule has 1 heterocycles. The number of anilines is 1. The summed E-state index contributed by atoms with van der Waals surface area (Å²) in [6.07, 6.45) is -3.06. The van der Waals surface area contributed by atoms with Crippen LogP contribution in [0.15, 0.2) is 24.3 Å². The Balaban J connectivity index is 2.54. The second-order valence-corrected chi connectivity index (χ2v) is 6.13. The summed E-state index contributed by atoms with van der Waals surface area (Å²) in [7, 11) is 0. The number of benzene rings is 1. The van der Waals surface area contributed by atoms with E-state index in [2.05, 4.69) is 9.97 Å². The number of aromatic carboxylic acids is 1. The number of aromatic nitrogens is 2. The monoisotopic (exact) mass is 321 g/mol. The van der Waals surface area contributed by atoms with Crippen LogP contribution in [0.5, 0.6) is 0 Å². The summed E-state index contributed by atoms with van der Waals surface area (Å²) >= 11 is 0. The molecule has 0 aliphatic carbocycles. The van der Waals surface area contributed by atoms with Crippen LogP contribution in [0.1, 0.15) is 48.8 Å². The minimum atomic E-state index is -3.06. The molecule has 0 atom stereocenters. The van der Waals surface area contributed by atoms with Crippen LogP contribution in [0.2, 0.25) is 0 Å². The maximum absolute atomic E-state index is 13.1. The lowest BCUT2D eigenvalue weighted by molar-refractivity contribution is 0.0683. The van der Waals surface area contributed by atoms with Gasteiger partial charge in [-0.1, -0.05) is 45.0 Å². The molecular formula is C16H17F2N3O2. The van der Waals surface area contributed by atoms with Crippen molar-refractivity contribution in [3.63, 3.8) is 0 Å². The first-order chi connectivity index (χ1) is 10.6. The molecule has 0 bridgehead atoms. The number of alkyl halides is 2. The van der Waals surface area contributed by atoms with E-state index < -0.39 is 29.5 Å². The van der Waals surface area contributed by atoms with Crippen molar-refractivity contribution in [2.24, 2.45) is 0 Å². The highest BCUT2D eigenvalue weighted by Crippen LogP contribution is 2.29. The number of rotatable bonds is 3. The Hall–Kier alpha value is -2.57. The molecule has 2 rings (SSSR count). The number of nitrogen functional groups attached to an aromatic ring is 1. The number of hydrogen-bond acceptors (Lipinski definition) is 4. The number of nitrogens with zero attached hydrogens (tertiary/aromatic N) is 2. The van der Waals surface area contributed by atoms with Crippen LogP contribution in [0.3, 0.4) is 0 Å². The third-order valence-electron chi connectivity index (χ3n) is 3.39. The van der Waals surface area contributed by atoms with Crippen LogP contribution in [-0.2, 0) is 5.41 Å². The number of carboxylic acid groups (broad SMARTS) is 1. The summed E-state index contributed by atoms with van der Waals surface area (Å²) in [5, 5.41) is 8.99. The van der Waals surface area contributed by atoms with Crippen molar-refractivity contribution >= 4 is 11.8 Å². The van der Waals surface area contributed by atoms with Gasteiger partial charge in [0.05, 0.1) is 0 Å². The Labute approximate surface area is 132 Å². The van der Waals surface area contributed by atoms with Gasteiger partial charge in [-0.15, -0.1) is 0 Å². The second-order valence-electron chi connectivity index (χ2n) is 6.13. The molecule has 0 radical (unpaired) electrons. The number of carbonyl (C=O) groups is 1. The topological polar surface area (TPSA) is 89.1 Å². The van der Waals surface area contributed by atoms with Crippen LogP contribution < -0.4 is 5.73 Å². The zero-order chi connectivity index (χ0) is 17.4. The fourth-order valence-electron chi connectivity index (χ4n) is 2.12. The lowest BCUT2D eigenvalue weighted by Gasteiger charge is -2.19. The summed E-state index contributed by atoms with van der Waals surface area (Å²) in [5.74, 6) is -2.08. The van der Waals surface area contributed by atoms with Crippen molar-refractivity contribution in [1.82, 2.24) is 9.97 Å². The Morgan fingerprint density at radius 2 is 1.74 bits per heavy atom. The van der Waals surface area contributed by atoms with E-state index >= 15 is 0 Å². The van der Waals surface area contributed by atoms with Gasteiger partial charge in [-0.05, 0) is 11.0 Å². The van der Waals surface area contributed by atoms with Crippen molar-refractivity contribution in [1.29, 1.82) is 0 Å². The van der Waals surface area contributed by atoms with Gasteiger partial charge in [0, 0.05) is 5.56 Å². The zero-order valence-corrected chi connectivity index (χ0v) is 13.0. The molecule has 0 fully saturated rings. The van der Waals surface area contributed by atoms with Gasteiger partial charge in [-0.2, -0.15) is 0 Å². The summed E-state index contributed by atoms with van der Waals surface area (Å²) in [4.78, 5) is 18.6. The fraction of sp³-hybridized carbons (Fsp3) is 0.312. The molecule has 2 aromatic rings. The minimum Gasteiger partial charge on any atom is -0.477 e. The maximum atomic E-state index is 13.1. The van der Waals surface area contributed by atoms with Gasteiger partial charge in [0.1, 0.15) is 17.1 Å². The summed E-state index contributed by atoms with van der Waals surface area (Å²) < 4.78 is 26.1. The van der Waals surface area contributed by atoms with E-state index in [1.807, 2.05) is 32.9 Å². The van der Waals surface area contributed by atoms with Crippen LogP contribution in [-0.4, -0.2) is 21.0 Å². The van der Waals surface area contributed by atoms with Crippen LogP contribution in [0.25, 0.3) is 11.4 Å². The van der Waals surface area contributed by atoms with E-state index in [0.29, 0.717) is 5.56 Å². The molecule has 0 aliphatic heterocycles. The Morgan fingerprint density at radius 3 is 2.17 bits per heavy atom. The minimum absolute atomic E-state index is 0.0248. The largest absolute Gasteiger partial charge is 0.477 e. The van der Waals surface area contributed by atoms with E-state index in [1.54, 1.807) is 12.1 Å². The van der Waals surface area contributed by atoms with Crippen molar-refractivity contribution in [2.45, 2.75) is 32.6 Å². The lowest BCUT2D eigenvalue weighted by atomic mass is 9.86. The Kier molecular flexibility index (Phi) is 4.31. The van der Waals surface area contributed by atoms with E-state index in [1.165, 1.54) is 0 Å². The van der Waals surface area contributed by atoms with Gasteiger partial charge in [-0.25, -0.2) is 23.5 Å². The highest BCUT2D eigenvalue weighted by atomic mass is 19.3. The summed E-state index contributed by atoms with van der Waals surface area (Å²) in [6, 6.07) is 7.10. The Bertz CT molecular complexity index is 738. The lowest BCUT2D eigenvalue weighted by Crippen LogP contribution is -2.13.